The van der Waals surface area contributed by atoms with Crippen LogP contribution in [0, 0.1) is 0 Å². The molecule has 0 aliphatic carbocycles. The quantitative estimate of drug-likeness (QED) is 0.421. The fraction of sp³-hybridized carbons (Fsp3) is 0.667. The summed E-state index contributed by atoms with van der Waals surface area (Å²) in [5.74, 6) is 0. The highest BCUT2D eigenvalue weighted by Crippen LogP contribution is 1.93. The number of nitrogens with zero attached hydrogens (tertiary/aromatic N) is 3. The Morgan fingerprint density at radius 2 is 2.00 bits per heavy atom. The van der Waals surface area contributed by atoms with E-state index in [4.69, 9.17) is 0 Å². The molecule has 0 saturated carbocycles. The molecule has 0 saturated heterocycles. The molecular formula is C3H5N3O. The Labute approximate surface area is 40.8 Å². The van der Waals surface area contributed by atoms with Crippen molar-refractivity contribution >= 4 is 6.41 Å². The normalized spacial score (nSPS) is 18.0. The van der Waals surface area contributed by atoms with Crippen LogP contribution in [0.1, 0.15) is 0 Å². The van der Waals surface area contributed by atoms with Crippen molar-refractivity contribution in [1.82, 2.24) is 4.90 Å². The molecule has 1 rings (SSSR count). The second-order valence-electron chi connectivity index (χ2n) is 1.26. The Morgan fingerprint density at radius 3 is 2.29 bits per heavy atom. The molecule has 0 bridgehead atoms. The fourth-order valence-electron chi connectivity index (χ4n) is 0.363. The van der Waals surface area contributed by atoms with E-state index < -0.39 is 0 Å². The first-order valence-electron chi connectivity index (χ1n) is 1.96. The zero-order valence-electron chi connectivity index (χ0n) is 3.74. The molecular weight excluding hydrogens is 94.1 g/mol. The minimum atomic E-state index is 0.434. The Morgan fingerprint density at radius 1 is 1.43 bits per heavy atom. The smallest absolute Gasteiger partial charge is 0.212 e. The molecule has 0 radical (unpaired) electrons. The molecule has 7 heavy (non-hydrogen) atoms. The summed E-state index contributed by atoms with van der Waals surface area (Å²) < 4.78 is 0. The highest BCUT2D eigenvalue weighted by Gasteiger charge is 2.01. The molecule has 0 aromatic carbocycles. The van der Waals surface area contributed by atoms with Gasteiger partial charge in [0, 0.05) is 0 Å². The molecule has 0 N–H and O–H groups in total. The van der Waals surface area contributed by atoms with E-state index in [0.717, 1.165) is 6.41 Å². The Hall–Kier alpha value is -0.930. The molecule has 0 aromatic rings. The first-order valence-corrected chi connectivity index (χ1v) is 1.96. The number of hydrogen-bond acceptors (Lipinski definition) is 3. The van der Waals surface area contributed by atoms with E-state index in [1.165, 1.54) is 4.90 Å². The van der Waals surface area contributed by atoms with Crippen LogP contribution in [-0.4, -0.2) is 24.6 Å². The molecule has 38 valence electrons. The second-order valence-corrected chi connectivity index (χ2v) is 1.26. The van der Waals surface area contributed by atoms with Crippen molar-refractivity contribution in [3.63, 3.8) is 0 Å². The molecule has 4 heteroatoms. The molecule has 1 heterocycles. The van der Waals surface area contributed by atoms with Crippen LogP contribution in [0.5, 0.6) is 0 Å². The average Bonchev–Trinajstić information content (AvgIpc) is 2.14. The van der Waals surface area contributed by atoms with E-state index in [-0.39, 0.29) is 0 Å². The number of carbonyl (C=O) groups excluding carboxylic acids is 1. The van der Waals surface area contributed by atoms with Crippen molar-refractivity contribution in [3.8, 4) is 0 Å². The highest BCUT2D eigenvalue weighted by molar-refractivity contribution is 5.46. The number of hydrogen-bond donors (Lipinski definition) is 0. The maximum absolute atomic E-state index is 9.81. The first-order chi connectivity index (χ1) is 3.43. The van der Waals surface area contributed by atoms with Crippen LogP contribution in [0.15, 0.2) is 10.2 Å². The molecule has 0 fully saturated rings. The van der Waals surface area contributed by atoms with E-state index in [0.29, 0.717) is 13.3 Å². The van der Waals surface area contributed by atoms with Crippen molar-refractivity contribution < 1.29 is 4.79 Å². The van der Waals surface area contributed by atoms with Crippen LogP contribution in [0.2, 0.25) is 0 Å². The van der Waals surface area contributed by atoms with Crippen molar-refractivity contribution in [2.24, 2.45) is 10.2 Å². The summed E-state index contributed by atoms with van der Waals surface area (Å²) >= 11 is 0. The number of rotatable bonds is 1. The van der Waals surface area contributed by atoms with Gasteiger partial charge in [-0.05, 0) is 0 Å². The Kier molecular flexibility index (Phi) is 1.02. The zero-order chi connectivity index (χ0) is 5.11. The van der Waals surface area contributed by atoms with Crippen LogP contribution in [0.3, 0.4) is 0 Å². The van der Waals surface area contributed by atoms with Crippen molar-refractivity contribution in [3.05, 3.63) is 0 Å². The summed E-state index contributed by atoms with van der Waals surface area (Å²) in [7, 11) is 0. The molecule has 1 amide bonds. The van der Waals surface area contributed by atoms with Gasteiger partial charge in [-0.2, -0.15) is 10.2 Å². The van der Waals surface area contributed by atoms with Crippen LogP contribution in [-0.2, 0) is 4.79 Å². The molecule has 0 spiro atoms. The van der Waals surface area contributed by atoms with Crippen LogP contribution < -0.4 is 0 Å². The lowest BCUT2D eigenvalue weighted by Crippen LogP contribution is -2.16. The molecule has 1 aliphatic rings. The summed E-state index contributed by atoms with van der Waals surface area (Å²) in [5, 5.41) is 7.11. The predicted molar refractivity (Wildman–Crippen MR) is 22.5 cm³/mol. The van der Waals surface area contributed by atoms with Gasteiger partial charge in [-0.15, -0.1) is 0 Å². The largest absolute Gasteiger partial charge is 0.302 e. The van der Waals surface area contributed by atoms with Crippen molar-refractivity contribution in [1.29, 1.82) is 0 Å². The highest BCUT2D eigenvalue weighted by atomic mass is 16.1. The van der Waals surface area contributed by atoms with Gasteiger partial charge in [-0.3, -0.25) is 4.79 Å². The maximum Gasteiger partial charge on any atom is 0.212 e. The SMILES string of the molecule is O=CN1CN=NC1. The standard InChI is InChI=1S/C3H5N3O/c7-3-6-1-4-5-2-6/h3H,1-2H2. The monoisotopic (exact) mass is 99.0 g/mol. The Balaban J connectivity index is 2.35. The zero-order valence-corrected chi connectivity index (χ0v) is 3.74. The lowest BCUT2D eigenvalue weighted by molar-refractivity contribution is -0.117. The van der Waals surface area contributed by atoms with Crippen molar-refractivity contribution in [2.75, 3.05) is 13.3 Å². The van der Waals surface area contributed by atoms with Gasteiger partial charge >= 0.3 is 0 Å². The Bertz CT molecular complexity index is 92.4. The van der Waals surface area contributed by atoms with E-state index in [2.05, 4.69) is 10.2 Å². The van der Waals surface area contributed by atoms with Gasteiger partial charge in [0.25, 0.3) is 0 Å². The van der Waals surface area contributed by atoms with Crippen LogP contribution in [0.4, 0.5) is 0 Å². The van der Waals surface area contributed by atoms with E-state index in [1.54, 1.807) is 0 Å². The molecule has 0 unspecified atom stereocenters. The number of carbonyl (C=O) groups is 1. The van der Waals surface area contributed by atoms with Crippen LogP contribution >= 0.6 is 0 Å². The number of amides is 1. The third-order valence-corrected chi connectivity index (χ3v) is 0.739. The summed E-state index contributed by atoms with van der Waals surface area (Å²) in [4.78, 5) is 11.3. The summed E-state index contributed by atoms with van der Waals surface area (Å²) in [6, 6.07) is 0. The van der Waals surface area contributed by atoms with Crippen LogP contribution in [0.25, 0.3) is 0 Å². The van der Waals surface area contributed by atoms with Gasteiger partial charge in [0.1, 0.15) is 13.3 Å². The average molecular weight is 99.1 g/mol. The maximum atomic E-state index is 9.81. The lowest BCUT2D eigenvalue weighted by atomic mass is 10.9. The topological polar surface area (TPSA) is 45.0 Å². The van der Waals surface area contributed by atoms with Gasteiger partial charge in [-0.1, -0.05) is 0 Å². The fourth-order valence-corrected chi connectivity index (χ4v) is 0.363. The second kappa shape index (κ2) is 1.68. The van der Waals surface area contributed by atoms with E-state index >= 15 is 0 Å². The first kappa shape index (κ1) is 4.23. The summed E-state index contributed by atoms with van der Waals surface area (Å²) in [6.07, 6.45) is 0.736. The molecule has 1 aliphatic heterocycles. The van der Waals surface area contributed by atoms with Gasteiger partial charge in [0.05, 0.1) is 0 Å². The molecule has 4 nitrogen and oxygen atoms in total. The lowest BCUT2D eigenvalue weighted by Gasteiger charge is -1.99. The van der Waals surface area contributed by atoms with Crippen molar-refractivity contribution in [2.45, 2.75) is 0 Å². The van der Waals surface area contributed by atoms with Gasteiger partial charge in [0.2, 0.25) is 6.41 Å². The summed E-state index contributed by atoms with van der Waals surface area (Å²) in [6.45, 7) is 0.868. The van der Waals surface area contributed by atoms with Gasteiger partial charge in [-0.25, -0.2) is 0 Å². The minimum absolute atomic E-state index is 0.434. The molecule has 0 atom stereocenters. The van der Waals surface area contributed by atoms with Gasteiger partial charge < -0.3 is 4.90 Å². The third-order valence-electron chi connectivity index (χ3n) is 0.739. The number of azo groups is 1. The third kappa shape index (κ3) is 0.734. The van der Waals surface area contributed by atoms with E-state index in [9.17, 15) is 4.79 Å². The summed E-state index contributed by atoms with van der Waals surface area (Å²) in [5.41, 5.74) is 0. The minimum Gasteiger partial charge on any atom is -0.302 e. The molecule has 0 aromatic heterocycles. The van der Waals surface area contributed by atoms with Gasteiger partial charge in [0.15, 0.2) is 0 Å². The van der Waals surface area contributed by atoms with E-state index in [1.807, 2.05) is 0 Å². The predicted octanol–water partition coefficient (Wildman–Crippen LogP) is -0.174.